The molecule has 0 saturated heterocycles. The summed E-state index contributed by atoms with van der Waals surface area (Å²) >= 11 is 7.74. The highest BCUT2D eigenvalue weighted by molar-refractivity contribution is 14.0. The summed E-state index contributed by atoms with van der Waals surface area (Å²) < 4.78 is 0. The van der Waals surface area contributed by atoms with Crippen LogP contribution >= 0.6 is 46.9 Å². The zero-order valence-corrected chi connectivity index (χ0v) is 19.1. The minimum Gasteiger partial charge on any atom is -0.357 e. The molecule has 8 heteroatoms. The van der Waals surface area contributed by atoms with E-state index in [1.54, 1.807) is 11.3 Å². The molecule has 2 atom stereocenters. The van der Waals surface area contributed by atoms with Gasteiger partial charge in [0, 0.05) is 43.0 Å². The third kappa shape index (κ3) is 5.72. The predicted molar refractivity (Wildman–Crippen MR) is 122 cm³/mol. The number of nitrogens with one attached hydrogen (secondary N) is 2. The highest BCUT2D eigenvalue weighted by Crippen LogP contribution is 2.41. The molecule has 3 rings (SSSR count). The van der Waals surface area contributed by atoms with Crippen molar-refractivity contribution in [2.24, 2.45) is 4.99 Å². The largest absolute Gasteiger partial charge is 0.357 e. The van der Waals surface area contributed by atoms with Gasteiger partial charge in [0.1, 0.15) is 0 Å². The van der Waals surface area contributed by atoms with Crippen molar-refractivity contribution >= 4 is 58.0 Å². The van der Waals surface area contributed by atoms with Crippen LogP contribution in [0.2, 0.25) is 5.02 Å². The summed E-state index contributed by atoms with van der Waals surface area (Å²) in [5.74, 6) is 1.35. The first-order valence-corrected chi connectivity index (χ1v) is 9.74. The number of anilines is 1. The third-order valence-electron chi connectivity index (χ3n) is 4.05. The molecule has 2 aromatic rings. The second kappa shape index (κ2) is 9.75. The lowest BCUT2D eigenvalue weighted by Crippen LogP contribution is -2.39. The summed E-state index contributed by atoms with van der Waals surface area (Å²) in [6.07, 6.45) is 1.10. The van der Waals surface area contributed by atoms with Crippen LogP contribution in [0.15, 0.2) is 34.6 Å². The van der Waals surface area contributed by atoms with Gasteiger partial charge in [-0.25, -0.2) is 9.98 Å². The monoisotopic (exact) mass is 505 g/mol. The van der Waals surface area contributed by atoms with Crippen LogP contribution in [0.25, 0.3) is 0 Å². The average Bonchev–Trinajstić information content (AvgIpc) is 3.17. The van der Waals surface area contributed by atoms with Gasteiger partial charge < -0.3 is 15.5 Å². The molecule has 0 amide bonds. The lowest BCUT2D eigenvalue weighted by molar-refractivity contribution is 0.792. The lowest BCUT2D eigenvalue weighted by Gasteiger charge is -2.11. The molecule has 1 aliphatic carbocycles. The van der Waals surface area contributed by atoms with Crippen molar-refractivity contribution < 1.29 is 0 Å². The van der Waals surface area contributed by atoms with Crippen LogP contribution in [0.4, 0.5) is 5.13 Å². The van der Waals surface area contributed by atoms with E-state index < -0.39 is 0 Å². The summed E-state index contributed by atoms with van der Waals surface area (Å²) in [5, 5.41) is 10.7. The molecule has 0 radical (unpaired) electrons. The molecule has 1 aliphatic rings. The maximum absolute atomic E-state index is 6.10. The number of guanidine groups is 1. The number of hydrogen-bond acceptors (Lipinski definition) is 4. The van der Waals surface area contributed by atoms with Gasteiger partial charge in [-0.3, -0.25) is 0 Å². The second-order valence-electron chi connectivity index (χ2n) is 6.36. The van der Waals surface area contributed by atoms with Crippen molar-refractivity contribution in [1.29, 1.82) is 0 Å². The Kier molecular flexibility index (Phi) is 7.97. The van der Waals surface area contributed by atoms with Gasteiger partial charge in [0.05, 0.1) is 12.2 Å². The molecular formula is C18H25ClIN5S. The number of benzene rings is 1. The molecule has 1 aromatic carbocycles. The molecule has 26 heavy (non-hydrogen) atoms. The third-order valence-corrected chi connectivity index (χ3v) is 5.35. The first-order chi connectivity index (χ1) is 12.1. The molecule has 5 nitrogen and oxygen atoms in total. The van der Waals surface area contributed by atoms with Gasteiger partial charge >= 0.3 is 0 Å². The quantitative estimate of drug-likeness (QED) is 0.353. The zero-order chi connectivity index (χ0) is 17.8. The van der Waals surface area contributed by atoms with Gasteiger partial charge in [0.15, 0.2) is 11.1 Å². The number of thiazole rings is 1. The van der Waals surface area contributed by atoms with Gasteiger partial charge in [-0.05, 0) is 31.0 Å². The Bertz CT molecular complexity index is 749. The first-order valence-electron chi connectivity index (χ1n) is 8.49. The molecule has 0 bridgehead atoms. The summed E-state index contributed by atoms with van der Waals surface area (Å²) in [6.45, 7) is 3.49. The van der Waals surface area contributed by atoms with E-state index in [4.69, 9.17) is 11.6 Å². The number of aliphatic imine (C=N–C) groups is 1. The smallest absolute Gasteiger partial charge is 0.191 e. The van der Waals surface area contributed by atoms with Gasteiger partial charge in [-0.1, -0.05) is 23.7 Å². The molecule has 2 N–H and O–H groups in total. The van der Waals surface area contributed by atoms with Crippen molar-refractivity contribution in [2.75, 3.05) is 25.5 Å². The minimum atomic E-state index is 0. The van der Waals surface area contributed by atoms with Crippen LogP contribution in [-0.2, 0) is 6.54 Å². The maximum Gasteiger partial charge on any atom is 0.191 e. The van der Waals surface area contributed by atoms with Crippen molar-refractivity contribution in [3.05, 3.63) is 45.9 Å². The van der Waals surface area contributed by atoms with Gasteiger partial charge in [-0.2, -0.15) is 0 Å². The van der Waals surface area contributed by atoms with Gasteiger partial charge in [0.2, 0.25) is 0 Å². The van der Waals surface area contributed by atoms with E-state index in [0.29, 0.717) is 18.5 Å². The second-order valence-corrected chi connectivity index (χ2v) is 7.63. The van der Waals surface area contributed by atoms with Crippen molar-refractivity contribution in [3.63, 3.8) is 0 Å². The fourth-order valence-electron chi connectivity index (χ4n) is 2.69. The fourth-order valence-corrected chi connectivity index (χ4v) is 3.64. The zero-order valence-electron chi connectivity index (χ0n) is 15.2. The van der Waals surface area contributed by atoms with Crippen LogP contribution in [0.3, 0.4) is 0 Å². The summed E-state index contributed by atoms with van der Waals surface area (Å²) in [4.78, 5) is 11.3. The molecule has 1 aromatic heterocycles. The average molecular weight is 506 g/mol. The number of halogens is 2. The highest BCUT2D eigenvalue weighted by Gasteiger charge is 2.39. The molecule has 0 spiro atoms. The molecular weight excluding hydrogens is 481 g/mol. The van der Waals surface area contributed by atoms with Crippen molar-refractivity contribution in [1.82, 2.24) is 15.6 Å². The van der Waals surface area contributed by atoms with E-state index in [-0.39, 0.29) is 24.0 Å². The summed E-state index contributed by atoms with van der Waals surface area (Å²) in [5.41, 5.74) is 2.28. The summed E-state index contributed by atoms with van der Waals surface area (Å²) in [6, 6.07) is 8.52. The molecule has 1 heterocycles. The topological polar surface area (TPSA) is 52.6 Å². The van der Waals surface area contributed by atoms with Gasteiger partial charge in [0.25, 0.3) is 0 Å². The fraction of sp³-hybridized carbons (Fsp3) is 0.444. The Balaban J connectivity index is 0.00000243. The number of hydrogen-bond donors (Lipinski definition) is 2. The van der Waals surface area contributed by atoms with Gasteiger partial charge in [-0.15, -0.1) is 35.3 Å². The number of nitrogens with zero attached hydrogens (tertiary/aromatic N) is 3. The predicted octanol–water partition coefficient (Wildman–Crippen LogP) is 4.09. The highest BCUT2D eigenvalue weighted by atomic mass is 127. The van der Waals surface area contributed by atoms with Crippen LogP contribution in [0, 0.1) is 0 Å². The Morgan fingerprint density at radius 2 is 2.23 bits per heavy atom. The number of rotatable bonds is 6. The number of aromatic nitrogens is 1. The minimum absolute atomic E-state index is 0. The van der Waals surface area contributed by atoms with Crippen LogP contribution in [0.1, 0.15) is 30.5 Å². The summed E-state index contributed by atoms with van der Waals surface area (Å²) in [7, 11) is 4.00. The van der Waals surface area contributed by atoms with E-state index in [0.717, 1.165) is 34.8 Å². The molecule has 142 valence electrons. The van der Waals surface area contributed by atoms with E-state index in [1.165, 1.54) is 5.56 Å². The maximum atomic E-state index is 6.10. The standard InChI is InChI=1S/C18H24ClN5S.HI/c1-4-20-17(21-10-14-11-25-18(22-14)24(2)3)23-16-9-15(16)12-6-5-7-13(19)8-12;/h5-8,11,15-16H,4,9-10H2,1-3H3,(H2,20,21,23);1H. The van der Waals surface area contributed by atoms with E-state index in [9.17, 15) is 0 Å². The van der Waals surface area contributed by atoms with Crippen LogP contribution < -0.4 is 15.5 Å². The Labute approximate surface area is 181 Å². The van der Waals surface area contributed by atoms with Crippen molar-refractivity contribution in [3.8, 4) is 0 Å². The Morgan fingerprint density at radius 1 is 1.42 bits per heavy atom. The molecule has 0 aliphatic heterocycles. The lowest BCUT2D eigenvalue weighted by atomic mass is 10.1. The normalized spacial score (nSPS) is 18.8. The Hall–Kier alpha value is -1.06. The van der Waals surface area contributed by atoms with Crippen LogP contribution in [0.5, 0.6) is 0 Å². The van der Waals surface area contributed by atoms with E-state index in [2.05, 4.69) is 45.0 Å². The first kappa shape index (κ1) is 21.2. The van der Waals surface area contributed by atoms with E-state index in [1.807, 2.05) is 31.1 Å². The van der Waals surface area contributed by atoms with E-state index >= 15 is 0 Å². The molecule has 1 fully saturated rings. The molecule has 2 unspecified atom stereocenters. The SMILES string of the molecule is CCNC(=NCc1csc(N(C)C)n1)NC1CC1c1cccc(Cl)c1.I. The van der Waals surface area contributed by atoms with Crippen LogP contribution in [-0.4, -0.2) is 37.6 Å². The van der Waals surface area contributed by atoms with Crippen molar-refractivity contribution in [2.45, 2.75) is 31.8 Å². The Morgan fingerprint density at radius 3 is 2.88 bits per heavy atom. The molecule has 1 saturated carbocycles.